The van der Waals surface area contributed by atoms with Crippen LogP contribution in [-0.4, -0.2) is 29.6 Å². The van der Waals surface area contributed by atoms with E-state index in [2.05, 4.69) is 5.32 Å². The molecule has 1 saturated heterocycles. The van der Waals surface area contributed by atoms with Gasteiger partial charge in [0.05, 0.1) is 29.7 Å². The quantitative estimate of drug-likeness (QED) is 0.694. The van der Waals surface area contributed by atoms with Crippen LogP contribution in [-0.2, 0) is 9.53 Å². The largest absolute Gasteiger partial charge is 0.392 e. The summed E-state index contributed by atoms with van der Waals surface area (Å²) in [6, 6.07) is -0.191. The van der Waals surface area contributed by atoms with Gasteiger partial charge in [0, 0.05) is 0 Å². The second-order valence-electron chi connectivity index (χ2n) is 3.95. The molecule has 1 rings (SSSR count). The molecular formula is C10H18N2O2S. The van der Waals surface area contributed by atoms with Gasteiger partial charge in [-0.3, -0.25) is 4.79 Å². The van der Waals surface area contributed by atoms with Crippen LogP contribution in [0.4, 0.5) is 0 Å². The molecule has 5 heteroatoms. The van der Waals surface area contributed by atoms with Gasteiger partial charge in [-0.1, -0.05) is 19.1 Å². The Morgan fingerprint density at radius 2 is 2.40 bits per heavy atom. The molecule has 1 aliphatic rings. The fourth-order valence-corrected chi connectivity index (χ4v) is 1.89. The Kier molecular flexibility index (Phi) is 4.47. The highest BCUT2D eigenvalue weighted by atomic mass is 32.1. The number of nitrogens with two attached hydrogens (primary N) is 1. The number of hydrogen-bond acceptors (Lipinski definition) is 3. The fourth-order valence-electron chi connectivity index (χ4n) is 1.66. The van der Waals surface area contributed by atoms with Crippen molar-refractivity contribution in [3.63, 3.8) is 0 Å². The Hall–Kier alpha value is -0.680. The molecule has 1 fully saturated rings. The molecule has 15 heavy (non-hydrogen) atoms. The lowest BCUT2D eigenvalue weighted by Crippen LogP contribution is -2.45. The van der Waals surface area contributed by atoms with E-state index in [0.29, 0.717) is 11.6 Å². The molecule has 0 radical (unpaired) electrons. The molecule has 1 heterocycles. The number of carbonyl (C=O) groups excluding carboxylic acids is 1. The maximum atomic E-state index is 11.8. The highest BCUT2D eigenvalue weighted by Gasteiger charge is 2.29. The zero-order valence-corrected chi connectivity index (χ0v) is 9.97. The Morgan fingerprint density at radius 3 is 2.80 bits per heavy atom. The van der Waals surface area contributed by atoms with E-state index in [1.807, 2.05) is 13.8 Å². The lowest BCUT2D eigenvalue weighted by atomic mass is 10.0. The summed E-state index contributed by atoms with van der Waals surface area (Å²) in [7, 11) is 0. The summed E-state index contributed by atoms with van der Waals surface area (Å²) >= 11 is 4.86. The van der Waals surface area contributed by atoms with Crippen molar-refractivity contribution < 1.29 is 9.53 Å². The van der Waals surface area contributed by atoms with Crippen LogP contribution >= 0.6 is 12.2 Å². The predicted molar refractivity (Wildman–Crippen MR) is 62.5 cm³/mol. The van der Waals surface area contributed by atoms with E-state index >= 15 is 0 Å². The summed E-state index contributed by atoms with van der Waals surface area (Å²) < 4.78 is 5.34. The third-order valence-corrected chi connectivity index (χ3v) is 2.92. The van der Waals surface area contributed by atoms with E-state index in [-0.39, 0.29) is 24.0 Å². The van der Waals surface area contributed by atoms with Crippen LogP contribution in [0.1, 0.15) is 26.7 Å². The Balaban J connectivity index is 2.44. The lowest BCUT2D eigenvalue weighted by Gasteiger charge is -2.17. The third kappa shape index (κ3) is 3.43. The summed E-state index contributed by atoms with van der Waals surface area (Å²) in [5.74, 6) is -0.0533. The zero-order chi connectivity index (χ0) is 11.4. The minimum absolute atomic E-state index is 0.000926. The first-order valence-corrected chi connectivity index (χ1v) is 5.66. The number of carbonyl (C=O) groups is 1. The van der Waals surface area contributed by atoms with Crippen molar-refractivity contribution in [1.29, 1.82) is 0 Å². The van der Waals surface area contributed by atoms with Crippen LogP contribution in [0.3, 0.4) is 0 Å². The normalized spacial score (nSPS) is 27.3. The molecule has 0 spiro atoms. The first kappa shape index (κ1) is 12.4. The van der Waals surface area contributed by atoms with E-state index in [0.717, 1.165) is 12.8 Å². The molecule has 0 bridgehead atoms. The molecule has 86 valence electrons. The molecule has 4 nitrogen and oxygen atoms in total. The summed E-state index contributed by atoms with van der Waals surface area (Å²) in [5.41, 5.74) is 5.51. The standard InChI is InChI=1S/C10H18N2O2S/c1-3-8(9(11)15)12-10(13)7-4-6(2)14-5-7/h6-8H,3-5H2,1-2H3,(H2,11,15)(H,12,13). The van der Waals surface area contributed by atoms with Gasteiger partial charge in [0.2, 0.25) is 5.91 Å². The number of amides is 1. The second kappa shape index (κ2) is 5.42. The van der Waals surface area contributed by atoms with Gasteiger partial charge in [-0.2, -0.15) is 0 Å². The molecular weight excluding hydrogens is 212 g/mol. The van der Waals surface area contributed by atoms with Crippen LogP contribution in [0.5, 0.6) is 0 Å². The van der Waals surface area contributed by atoms with Gasteiger partial charge in [-0.15, -0.1) is 0 Å². The Morgan fingerprint density at radius 1 is 1.73 bits per heavy atom. The van der Waals surface area contributed by atoms with Crippen molar-refractivity contribution in [3.8, 4) is 0 Å². The van der Waals surface area contributed by atoms with Crippen molar-refractivity contribution in [2.75, 3.05) is 6.61 Å². The molecule has 0 aromatic rings. The molecule has 1 amide bonds. The molecule has 0 aliphatic carbocycles. The minimum Gasteiger partial charge on any atom is -0.392 e. The zero-order valence-electron chi connectivity index (χ0n) is 9.16. The number of thiocarbonyl (C=S) groups is 1. The van der Waals surface area contributed by atoms with Crippen LogP contribution in [0.2, 0.25) is 0 Å². The smallest absolute Gasteiger partial charge is 0.226 e. The Labute approximate surface area is 95.5 Å². The van der Waals surface area contributed by atoms with Gasteiger partial charge in [-0.25, -0.2) is 0 Å². The van der Waals surface area contributed by atoms with Crippen LogP contribution in [0, 0.1) is 5.92 Å². The topological polar surface area (TPSA) is 64.3 Å². The first-order valence-electron chi connectivity index (χ1n) is 5.25. The summed E-state index contributed by atoms with van der Waals surface area (Å²) in [5, 5.41) is 2.84. The van der Waals surface area contributed by atoms with Gasteiger partial charge in [0.1, 0.15) is 0 Å². The summed E-state index contributed by atoms with van der Waals surface area (Å²) in [6.45, 7) is 4.41. The minimum atomic E-state index is -0.191. The summed E-state index contributed by atoms with van der Waals surface area (Å²) in [6.07, 6.45) is 1.68. The number of ether oxygens (including phenoxy) is 1. The van der Waals surface area contributed by atoms with Crippen molar-refractivity contribution >= 4 is 23.1 Å². The summed E-state index contributed by atoms with van der Waals surface area (Å²) in [4.78, 5) is 12.1. The SMILES string of the molecule is CCC(NC(=O)C1COC(C)C1)C(N)=S. The lowest BCUT2D eigenvalue weighted by molar-refractivity contribution is -0.125. The molecule has 1 aliphatic heterocycles. The van der Waals surface area contributed by atoms with E-state index in [4.69, 9.17) is 22.7 Å². The number of rotatable bonds is 4. The second-order valence-corrected chi connectivity index (χ2v) is 4.42. The maximum absolute atomic E-state index is 11.8. The number of nitrogens with one attached hydrogen (secondary N) is 1. The first-order chi connectivity index (χ1) is 7.04. The van der Waals surface area contributed by atoms with Crippen LogP contribution in [0.15, 0.2) is 0 Å². The van der Waals surface area contributed by atoms with Gasteiger partial charge >= 0.3 is 0 Å². The highest BCUT2D eigenvalue weighted by Crippen LogP contribution is 2.19. The van der Waals surface area contributed by atoms with Crippen LogP contribution in [0.25, 0.3) is 0 Å². The predicted octanol–water partition coefficient (Wildman–Crippen LogP) is 0.592. The average Bonchev–Trinajstić information content (AvgIpc) is 2.60. The maximum Gasteiger partial charge on any atom is 0.226 e. The van der Waals surface area contributed by atoms with E-state index < -0.39 is 0 Å². The molecule has 3 unspecified atom stereocenters. The molecule has 0 aromatic carbocycles. The van der Waals surface area contributed by atoms with E-state index in [1.54, 1.807) is 0 Å². The molecule has 0 saturated carbocycles. The monoisotopic (exact) mass is 230 g/mol. The van der Waals surface area contributed by atoms with Crippen molar-refractivity contribution in [2.24, 2.45) is 11.7 Å². The van der Waals surface area contributed by atoms with Gasteiger partial charge in [-0.05, 0) is 19.8 Å². The van der Waals surface area contributed by atoms with Crippen molar-refractivity contribution in [3.05, 3.63) is 0 Å². The number of hydrogen-bond donors (Lipinski definition) is 2. The van der Waals surface area contributed by atoms with Gasteiger partial charge < -0.3 is 15.8 Å². The Bertz CT molecular complexity index is 258. The van der Waals surface area contributed by atoms with E-state index in [9.17, 15) is 4.79 Å². The average molecular weight is 230 g/mol. The van der Waals surface area contributed by atoms with E-state index in [1.165, 1.54) is 0 Å². The highest BCUT2D eigenvalue weighted by molar-refractivity contribution is 7.80. The van der Waals surface area contributed by atoms with Crippen molar-refractivity contribution in [1.82, 2.24) is 5.32 Å². The van der Waals surface area contributed by atoms with Crippen LogP contribution < -0.4 is 11.1 Å². The van der Waals surface area contributed by atoms with Gasteiger partial charge in [0.15, 0.2) is 0 Å². The molecule has 3 N–H and O–H groups in total. The fraction of sp³-hybridized carbons (Fsp3) is 0.800. The van der Waals surface area contributed by atoms with Crippen molar-refractivity contribution in [2.45, 2.75) is 38.8 Å². The molecule has 0 aromatic heterocycles. The third-order valence-electron chi connectivity index (χ3n) is 2.64. The molecule has 3 atom stereocenters. The van der Waals surface area contributed by atoms with Gasteiger partial charge in [0.25, 0.3) is 0 Å².